The Labute approximate surface area is 116 Å². The third-order valence-corrected chi connectivity index (χ3v) is 4.18. The maximum atomic E-state index is 5.41. The molecule has 1 fully saturated rings. The van der Waals surface area contributed by atoms with E-state index in [9.17, 15) is 0 Å². The zero-order chi connectivity index (χ0) is 13.7. The summed E-state index contributed by atoms with van der Waals surface area (Å²) in [6.45, 7) is 7.09. The summed E-state index contributed by atoms with van der Waals surface area (Å²) in [5.41, 5.74) is 1.00. The lowest BCUT2D eigenvalue weighted by molar-refractivity contribution is 0.150. The molecule has 108 valence electrons. The van der Waals surface area contributed by atoms with Gasteiger partial charge in [0.25, 0.3) is 0 Å². The Morgan fingerprint density at radius 3 is 2.79 bits per heavy atom. The molecule has 1 N–H and O–H groups in total. The van der Waals surface area contributed by atoms with Gasteiger partial charge >= 0.3 is 0 Å². The first-order valence-corrected chi connectivity index (χ1v) is 7.54. The molecule has 2 rings (SSSR count). The molecule has 1 heterocycles. The van der Waals surface area contributed by atoms with E-state index in [-0.39, 0.29) is 0 Å². The zero-order valence-electron chi connectivity index (χ0n) is 12.5. The number of hydrogen-bond acceptors (Lipinski definition) is 4. The van der Waals surface area contributed by atoms with Crippen molar-refractivity contribution in [3.05, 3.63) is 17.5 Å². The predicted octanol–water partition coefficient (Wildman–Crippen LogP) is 2.79. The average Bonchev–Trinajstić information content (AvgIpc) is 2.84. The minimum absolute atomic E-state index is 0.707. The van der Waals surface area contributed by atoms with E-state index in [1.165, 1.54) is 25.7 Å². The smallest absolute Gasteiger partial charge is 0.151 e. The van der Waals surface area contributed by atoms with Crippen LogP contribution < -0.4 is 5.32 Å². The summed E-state index contributed by atoms with van der Waals surface area (Å²) in [5.74, 6) is 1.88. The molecule has 19 heavy (non-hydrogen) atoms. The highest BCUT2D eigenvalue weighted by Crippen LogP contribution is 2.27. The number of nitrogens with one attached hydrogen (secondary N) is 1. The van der Waals surface area contributed by atoms with Gasteiger partial charge in [-0.3, -0.25) is 4.90 Å². The highest BCUT2D eigenvalue weighted by atomic mass is 16.5. The second-order valence-electron chi connectivity index (χ2n) is 5.89. The lowest BCUT2D eigenvalue weighted by Crippen LogP contribution is -2.34. The molecule has 0 spiro atoms. The van der Waals surface area contributed by atoms with Gasteiger partial charge in [0.15, 0.2) is 5.76 Å². The zero-order valence-corrected chi connectivity index (χ0v) is 12.5. The third kappa shape index (κ3) is 4.32. The van der Waals surface area contributed by atoms with Gasteiger partial charge in [0.05, 0.1) is 12.2 Å². The molecule has 4 nitrogen and oxygen atoms in total. The van der Waals surface area contributed by atoms with E-state index >= 15 is 0 Å². The summed E-state index contributed by atoms with van der Waals surface area (Å²) >= 11 is 0. The quantitative estimate of drug-likeness (QED) is 0.858. The Morgan fingerprint density at radius 2 is 2.11 bits per heavy atom. The highest BCUT2D eigenvalue weighted by Gasteiger charge is 2.22. The summed E-state index contributed by atoms with van der Waals surface area (Å²) in [4.78, 5) is 2.42. The van der Waals surface area contributed by atoms with Gasteiger partial charge in [-0.1, -0.05) is 19.0 Å². The van der Waals surface area contributed by atoms with E-state index < -0.39 is 0 Å². The molecule has 1 aliphatic carbocycles. The van der Waals surface area contributed by atoms with Crippen LogP contribution in [-0.4, -0.2) is 29.7 Å². The van der Waals surface area contributed by atoms with Crippen molar-refractivity contribution in [3.63, 3.8) is 0 Å². The second-order valence-corrected chi connectivity index (χ2v) is 5.89. The van der Waals surface area contributed by atoms with Crippen LogP contribution in [0.1, 0.15) is 51.0 Å². The van der Waals surface area contributed by atoms with E-state index in [4.69, 9.17) is 4.52 Å². The van der Waals surface area contributed by atoms with Crippen LogP contribution in [0, 0.1) is 5.92 Å². The maximum Gasteiger partial charge on any atom is 0.151 e. The third-order valence-electron chi connectivity index (χ3n) is 4.18. The van der Waals surface area contributed by atoms with Crippen molar-refractivity contribution in [2.24, 2.45) is 5.92 Å². The number of nitrogens with zero attached hydrogens (tertiary/aromatic N) is 2. The normalized spacial score (nSPS) is 24.0. The first-order valence-electron chi connectivity index (χ1n) is 7.54. The average molecular weight is 265 g/mol. The Balaban J connectivity index is 1.81. The summed E-state index contributed by atoms with van der Waals surface area (Å²) in [6.07, 6.45) is 5.35. The molecular weight excluding hydrogens is 238 g/mol. The lowest BCUT2D eigenvalue weighted by atomic mass is 9.87. The Morgan fingerprint density at radius 1 is 1.37 bits per heavy atom. The molecule has 0 atom stereocenters. The van der Waals surface area contributed by atoms with Gasteiger partial charge in [-0.15, -0.1) is 0 Å². The van der Waals surface area contributed by atoms with Crippen LogP contribution in [0.4, 0.5) is 0 Å². The van der Waals surface area contributed by atoms with Crippen molar-refractivity contribution in [3.8, 4) is 0 Å². The molecule has 1 saturated carbocycles. The number of hydrogen-bond donors (Lipinski definition) is 1. The molecule has 1 aliphatic rings. The fourth-order valence-corrected chi connectivity index (χ4v) is 2.82. The molecule has 1 aromatic rings. The van der Waals surface area contributed by atoms with E-state index in [0.717, 1.165) is 37.0 Å². The van der Waals surface area contributed by atoms with Crippen molar-refractivity contribution in [2.45, 2.75) is 58.7 Å². The van der Waals surface area contributed by atoms with Crippen molar-refractivity contribution in [2.75, 3.05) is 13.6 Å². The maximum absolute atomic E-state index is 5.41. The first-order chi connectivity index (χ1) is 9.19. The predicted molar refractivity (Wildman–Crippen MR) is 76.8 cm³/mol. The molecule has 1 aromatic heterocycles. The molecule has 0 amide bonds. The fraction of sp³-hybridized carbons (Fsp3) is 0.800. The highest BCUT2D eigenvalue weighted by molar-refractivity contribution is 5.05. The Kier molecular flexibility index (Phi) is 5.40. The minimum atomic E-state index is 0.707. The molecule has 0 bridgehead atoms. The fourth-order valence-electron chi connectivity index (χ4n) is 2.82. The molecule has 0 aromatic carbocycles. The van der Waals surface area contributed by atoms with E-state index in [1.54, 1.807) is 0 Å². The number of aromatic nitrogens is 1. The van der Waals surface area contributed by atoms with Gasteiger partial charge in [-0.05, 0) is 45.2 Å². The van der Waals surface area contributed by atoms with Gasteiger partial charge in [0.2, 0.25) is 0 Å². The van der Waals surface area contributed by atoms with Gasteiger partial charge in [-0.2, -0.15) is 0 Å². The van der Waals surface area contributed by atoms with Crippen molar-refractivity contribution in [1.82, 2.24) is 15.4 Å². The lowest BCUT2D eigenvalue weighted by Gasteiger charge is -2.32. The van der Waals surface area contributed by atoms with Crippen molar-refractivity contribution in [1.29, 1.82) is 0 Å². The second kappa shape index (κ2) is 7.06. The summed E-state index contributed by atoms with van der Waals surface area (Å²) in [7, 11) is 2.20. The van der Waals surface area contributed by atoms with Crippen LogP contribution in [0.2, 0.25) is 0 Å². The van der Waals surface area contributed by atoms with E-state index in [0.29, 0.717) is 6.04 Å². The SMILES string of the molecule is CCNCc1cc(CN(C)C2CCC(C)CC2)on1. The van der Waals surface area contributed by atoms with Gasteiger partial charge in [0.1, 0.15) is 0 Å². The van der Waals surface area contributed by atoms with Crippen LogP contribution >= 0.6 is 0 Å². The molecule has 0 saturated heterocycles. The summed E-state index contributed by atoms with van der Waals surface area (Å²) < 4.78 is 5.41. The molecule has 0 unspecified atom stereocenters. The summed E-state index contributed by atoms with van der Waals surface area (Å²) in [5, 5.41) is 7.36. The van der Waals surface area contributed by atoms with Crippen LogP contribution in [0.3, 0.4) is 0 Å². The molecule has 0 aliphatic heterocycles. The summed E-state index contributed by atoms with van der Waals surface area (Å²) in [6, 6.07) is 2.78. The van der Waals surface area contributed by atoms with E-state index in [1.807, 2.05) is 0 Å². The van der Waals surface area contributed by atoms with E-state index in [2.05, 4.69) is 42.3 Å². The molecule has 4 heteroatoms. The first kappa shape index (κ1) is 14.5. The van der Waals surface area contributed by atoms with Crippen LogP contribution in [0.15, 0.2) is 10.6 Å². The van der Waals surface area contributed by atoms with Crippen molar-refractivity contribution < 1.29 is 4.52 Å². The van der Waals surface area contributed by atoms with Crippen molar-refractivity contribution >= 4 is 0 Å². The van der Waals surface area contributed by atoms with Gasteiger partial charge in [-0.25, -0.2) is 0 Å². The topological polar surface area (TPSA) is 41.3 Å². The monoisotopic (exact) mass is 265 g/mol. The largest absolute Gasteiger partial charge is 0.360 e. The Hall–Kier alpha value is -0.870. The van der Waals surface area contributed by atoms with Crippen LogP contribution in [0.25, 0.3) is 0 Å². The minimum Gasteiger partial charge on any atom is -0.360 e. The standard InChI is InChI=1S/C15H27N3O/c1-4-16-10-13-9-15(19-17-13)11-18(3)14-7-5-12(2)6-8-14/h9,12,14,16H,4-8,10-11H2,1-3H3. The van der Waals surface area contributed by atoms with Crippen LogP contribution in [0.5, 0.6) is 0 Å². The van der Waals surface area contributed by atoms with Gasteiger partial charge < -0.3 is 9.84 Å². The molecule has 0 radical (unpaired) electrons. The van der Waals surface area contributed by atoms with Gasteiger partial charge in [0, 0.05) is 18.7 Å². The molecular formula is C15H27N3O. The Bertz CT molecular complexity index is 369. The number of rotatable bonds is 6. The van der Waals surface area contributed by atoms with Crippen LogP contribution in [-0.2, 0) is 13.1 Å².